The molecule has 46 heavy (non-hydrogen) atoms. The molecule has 0 unspecified atom stereocenters. The van der Waals surface area contributed by atoms with Crippen LogP contribution < -0.4 is 0 Å². The number of fused-ring (bicyclic) bond motifs is 6. The molecule has 2 aromatic heterocycles. The van der Waals surface area contributed by atoms with E-state index in [9.17, 15) is 9.59 Å². The minimum Gasteiger partial charge on any atom is -0.300 e. The Kier molecular flexibility index (Phi) is 8.56. The van der Waals surface area contributed by atoms with Crippen molar-refractivity contribution < 1.29 is 9.59 Å². The lowest BCUT2D eigenvalue weighted by Gasteiger charge is -2.42. The van der Waals surface area contributed by atoms with Crippen LogP contribution in [0.1, 0.15) is 97.8 Å². The molecule has 0 aliphatic heterocycles. The highest BCUT2D eigenvalue weighted by Gasteiger charge is 2.49. The molecular formula is C40H48N4O2. The average molecular weight is 617 g/mol. The fourth-order valence-corrected chi connectivity index (χ4v) is 9.57. The van der Waals surface area contributed by atoms with Gasteiger partial charge in [0, 0.05) is 63.0 Å². The van der Waals surface area contributed by atoms with Gasteiger partial charge in [0.1, 0.15) is 11.6 Å². The van der Waals surface area contributed by atoms with E-state index in [0.717, 1.165) is 64.2 Å². The summed E-state index contributed by atoms with van der Waals surface area (Å²) in [6, 6.07) is 21.5. The summed E-state index contributed by atoms with van der Waals surface area (Å²) in [5.41, 5.74) is 8.18. The van der Waals surface area contributed by atoms with Crippen LogP contribution in [0.15, 0.2) is 73.1 Å². The summed E-state index contributed by atoms with van der Waals surface area (Å²) in [6.45, 7) is 0. The van der Waals surface area contributed by atoms with Crippen molar-refractivity contribution >= 4 is 11.6 Å². The van der Waals surface area contributed by atoms with Gasteiger partial charge in [-0.3, -0.25) is 19.0 Å². The number of aromatic nitrogens is 4. The number of nitrogens with zero attached hydrogens (tertiary/aromatic N) is 4. The zero-order chi connectivity index (χ0) is 31.7. The Labute approximate surface area is 273 Å². The molecule has 0 spiro atoms. The predicted molar refractivity (Wildman–Crippen MR) is 181 cm³/mol. The summed E-state index contributed by atoms with van der Waals surface area (Å²) in [5.74, 6) is 1.77. The fraction of sp³-hybridized carbons (Fsp3) is 0.500. The normalized spacial score (nSPS) is 27.2. The number of Topliss-reactive ketones (excluding diaryl/α,β-unsaturated/α-hetero) is 2. The Morgan fingerprint density at radius 1 is 0.630 bits per heavy atom. The number of hydrogen-bond donors (Lipinski definition) is 0. The van der Waals surface area contributed by atoms with Gasteiger partial charge in [0.15, 0.2) is 0 Å². The monoisotopic (exact) mass is 616 g/mol. The second-order valence-electron chi connectivity index (χ2n) is 14.7. The van der Waals surface area contributed by atoms with E-state index in [1.54, 1.807) is 0 Å². The summed E-state index contributed by atoms with van der Waals surface area (Å²) in [6.07, 6.45) is 18.1. The molecule has 6 heteroatoms. The van der Waals surface area contributed by atoms with Crippen molar-refractivity contribution in [3.05, 3.63) is 107 Å². The van der Waals surface area contributed by atoms with Crippen LogP contribution in [0.3, 0.4) is 0 Å². The lowest BCUT2D eigenvalue weighted by atomic mass is 9.60. The topological polar surface area (TPSA) is 69.8 Å². The van der Waals surface area contributed by atoms with Crippen molar-refractivity contribution in [3.63, 3.8) is 0 Å². The van der Waals surface area contributed by atoms with Crippen molar-refractivity contribution in [2.24, 2.45) is 25.9 Å². The number of hydrogen-bond acceptors (Lipinski definition) is 4. The van der Waals surface area contributed by atoms with Crippen molar-refractivity contribution in [2.75, 3.05) is 0 Å². The van der Waals surface area contributed by atoms with E-state index in [0.29, 0.717) is 36.2 Å². The van der Waals surface area contributed by atoms with Gasteiger partial charge in [-0.25, -0.2) is 0 Å². The first kappa shape index (κ1) is 30.8. The third-order valence-electron chi connectivity index (χ3n) is 11.7. The Hall–Kier alpha value is -3.80. The van der Waals surface area contributed by atoms with E-state index in [1.807, 2.05) is 23.5 Å². The van der Waals surface area contributed by atoms with Gasteiger partial charge in [-0.1, -0.05) is 60.7 Å². The summed E-state index contributed by atoms with van der Waals surface area (Å²) in [4.78, 5) is 24.2. The summed E-state index contributed by atoms with van der Waals surface area (Å²) in [5, 5.41) is 9.79. The maximum atomic E-state index is 12.1. The van der Waals surface area contributed by atoms with Crippen LogP contribution in [0.5, 0.6) is 0 Å². The lowest BCUT2D eigenvalue weighted by Crippen LogP contribution is -2.43. The Morgan fingerprint density at radius 2 is 1.04 bits per heavy atom. The Bertz CT molecular complexity index is 1560. The quantitative estimate of drug-likeness (QED) is 0.243. The number of aryl methyl sites for hydroxylation is 4. The third-order valence-corrected chi connectivity index (χ3v) is 11.7. The maximum absolute atomic E-state index is 12.1. The average Bonchev–Trinajstić information content (AvgIpc) is 3.55. The Balaban J connectivity index is 0.000000147. The molecule has 0 radical (unpaired) electrons. The highest BCUT2D eigenvalue weighted by atomic mass is 16.1. The van der Waals surface area contributed by atoms with Gasteiger partial charge in [0.05, 0.1) is 11.4 Å². The second-order valence-corrected chi connectivity index (χ2v) is 14.7. The largest absolute Gasteiger partial charge is 0.300 e. The molecule has 8 rings (SSSR count). The van der Waals surface area contributed by atoms with Gasteiger partial charge < -0.3 is 0 Å². The van der Waals surface area contributed by atoms with Crippen molar-refractivity contribution in [1.82, 2.24) is 19.6 Å². The molecule has 2 heterocycles. The molecule has 240 valence electrons. The molecule has 2 saturated carbocycles. The summed E-state index contributed by atoms with van der Waals surface area (Å²) in [7, 11) is 4.04. The molecule has 0 N–H and O–H groups in total. The minimum absolute atomic E-state index is 0.0440. The van der Waals surface area contributed by atoms with Crippen LogP contribution in [0.25, 0.3) is 0 Å². The van der Waals surface area contributed by atoms with Crippen molar-refractivity contribution in [3.8, 4) is 0 Å². The van der Waals surface area contributed by atoms with E-state index in [-0.39, 0.29) is 10.8 Å². The molecule has 6 nitrogen and oxygen atoms in total. The number of benzene rings is 2. The van der Waals surface area contributed by atoms with E-state index >= 15 is 0 Å². The SMILES string of the molecule is Cn1cc2c(n1)[C@@]1(Cc3ccccc3)CCC(=O)C[C@H]1CCC2.Cn1cc2c(n1)[C@]1(Cc3ccccc3)CCC(=O)C[C@@H]1CCC2. The van der Waals surface area contributed by atoms with E-state index in [2.05, 4.69) is 73.1 Å². The molecular weight excluding hydrogens is 568 g/mol. The van der Waals surface area contributed by atoms with Crippen LogP contribution in [-0.4, -0.2) is 31.1 Å². The summed E-state index contributed by atoms with van der Waals surface area (Å²) < 4.78 is 3.94. The smallest absolute Gasteiger partial charge is 0.133 e. The molecule has 0 bridgehead atoms. The van der Waals surface area contributed by atoms with E-state index in [4.69, 9.17) is 10.2 Å². The molecule has 0 amide bonds. The first-order valence-corrected chi connectivity index (χ1v) is 17.5. The number of carbonyl (C=O) groups excluding carboxylic acids is 2. The third kappa shape index (κ3) is 5.91. The number of carbonyl (C=O) groups is 2. The standard InChI is InChI=1S/2C20H24N2O/c2*1-22-14-16-8-5-9-17-12-18(23)10-11-20(17,19(16)21-22)13-15-6-3-2-4-7-15/h2*2-4,6-7,14,17H,5,8-13H2,1H3/t2*17-,20-/m10/s1. The highest BCUT2D eigenvalue weighted by Crippen LogP contribution is 2.51. The molecule has 4 atom stereocenters. The van der Waals surface area contributed by atoms with Crippen LogP contribution in [0.2, 0.25) is 0 Å². The molecule has 4 aliphatic rings. The van der Waals surface area contributed by atoms with Gasteiger partial charge >= 0.3 is 0 Å². The van der Waals surface area contributed by atoms with Crippen molar-refractivity contribution in [2.45, 2.75) is 101 Å². The van der Waals surface area contributed by atoms with Gasteiger partial charge in [-0.05, 0) is 98.3 Å². The van der Waals surface area contributed by atoms with E-state index < -0.39 is 0 Å². The number of rotatable bonds is 4. The van der Waals surface area contributed by atoms with Gasteiger partial charge in [-0.15, -0.1) is 0 Å². The first-order chi connectivity index (χ1) is 22.3. The van der Waals surface area contributed by atoms with Gasteiger partial charge in [0.25, 0.3) is 0 Å². The maximum Gasteiger partial charge on any atom is 0.133 e. The minimum atomic E-state index is 0.0440. The predicted octanol–water partition coefficient (Wildman–Crippen LogP) is 7.21. The lowest BCUT2D eigenvalue weighted by molar-refractivity contribution is -0.124. The van der Waals surface area contributed by atoms with Crippen molar-refractivity contribution in [1.29, 1.82) is 0 Å². The van der Waals surface area contributed by atoms with Crippen LogP contribution >= 0.6 is 0 Å². The van der Waals surface area contributed by atoms with Crippen LogP contribution in [0.4, 0.5) is 0 Å². The zero-order valence-electron chi connectivity index (χ0n) is 27.6. The fourth-order valence-electron chi connectivity index (χ4n) is 9.57. The summed E-state index contributed by atoms with van der Waals surface area (Å²) >= 11 is 0. The Morgan fingerprint density at radius 3 is 1.46 bits per heavy atom. The highest BCUT2D eigenvalue weighted by molar-refractivity contribution is 5.80. The molecule has 2 aromatic carbocycles. The zero-order valence-corrected chi connectivity index (χ0v) is 27.6. The number of ketones is 2. The molecule has 0 saturated heterocycles. The van der Waals surface area contributed by atoms with E-state index in [1.165, 1.54) is 46.5 Å². The molecule has 4 aromatic rings. The molecule has 4 aliphatic carbocycles. The van der Waals surface area contributed by atoms with Gasteiger partial charge in [-0.2, -0.15) is 10.2 Å². The van der Waals surface area contributed by atoms with Crippen LogP contribution in [0, 0.1) is 11.8 Å². The first-order valence-electron chi connectivity index (χ1n) is 17.5. The second kappa shape index (κ2) is 12.8. The van der Waals surface area contributed by atoms with Gasteiger partial charge in [0.2, 0.25) is 0 Å². The van der Waals surface area contributed by atoms with Crippen LogP contribution in [-0.2, 0) is 60.2 Å². The molecule has 2 fully saturated rings.